The maximum absolute atomic E-state index is 8.45. The van der Waals surface area contributed by atoms with Crippen LogP contribution in [0.4, 0.5) is 0 Å². The van der Waals surface area contributed by atoms with Gasteiger partial charge in [-0.1, -0.05) is 62.4 Å². The molecule has 4 aromatic carbocycles. The van der Waals surface area contributed by atoms with Gasteiger partial charge in [-0.2, -0.15) is 0 Å². The van der Waals surface area contributed by atoms with Crippen LogP contribution in [0.1, 0.15) is 32.2 Å². The summed E-state index contributed by atoms with van der Waals surface area (Å²) >= 11 is 0. The second-order valence-corrected chi connectivity index (χ2v) is 9.01. The van der Waals surface area contributed by atoms with Gasteiger partial charge in [-0.15, -0.1) is 0 Å². The number of aromatic nitrogens is 1. The summed E-state index contributed by atoms with van der Waals surface area (Å²) in [5.41, 5.74) is 6.29. The van der Waals surface area contributed by atoms with Crippen LogP contribution in [0.15, 0.2) is 83.4 Å². The molecule has 0 aliphatic carbocycles. The highest BCUT2D eigenvalue weighted by molar-refractivity contribution is 6.14. The van der Waals surface area contributed by atoms with Gasteiger partial charge in [0.15, 0.2) is 6.20 Å². The summed E-state index contributed by atoms with van der Waals surface area (Å²) in [6, 6.07) is 25.7. The summed E-state index contributed by atoms with van der Waals surface area (Å²) in [6.45, 7) is 6.02. The molecule has 0 fully saturated rings. The van der Waals surface area contributed by atoms with Gasteiger partial charge in [-0.05, 0) is 58.3 Å². The molecule has 6 aromatic rings. The van der Waals surface area contributed by atoms with Crippen molar-refractivity contribution in [1.29, 1.82) is 0 Å². The molecule has 2 nitrogen and oxygen atoms in total. The number of hydrogen-bond donors (Lipinski definition) is 0. The van der Waals surface area contributed by atoms with Gasteiger partial charge >= 0.3 is 0 Å². The third kappa shape index (κ3) is 2.76. The van der Waals surface area contributed by atoms with Crippen LogP contribution in [0.3, 0.4) is 0 Å². The van der Waals surface area contributed by atoms with Crippen LogP contribution < -0.4 is 4.57 Å². The molecule has 32 heavy (non-hydrogen) atoms. The first kappa shape index (κ1) is 18.0. The maximum atomic E-state index is 8.45. The molecule has 2 heterocycles. The Bertz CT molecular complexity index is 1720. The monoisotopic (exact) mass is 417 g/mol. The van der Waals surface area contributed by atoms with Crippen LogP contribution in [-0.2, 0) is 7.05 Å². The average molecular weight is 418 g/mol. The topological polar surface area (TPSA) is 17.0 Å². The van der Waals surface area contributed by atoms with E-state index in [1.165, 1.54) is 16.3 Å². The van der Waals surface area contributed by atoms with Crippen molar-refractivity contribution >= 4 is 43.5 Å². The lowest BCUT2D eigenvalue weighted by Gasteiger charge is -2.11. The summed E-state index contributed by atoms with van der Waals surface area (Å²) in [5.74, 6) is -0.636. The second kappa shape index (κ2) is 6.93. The molecule has 0 amide bonds. The van der Waals surface area contributed by atoms with Gasteiger partial charge in [0.1, 0.15) is 18.2 Å². The Hall–Kier alpha value is -3.65. The zero-order valence-corrected chi connectivity index (χ0v) is 18.9. The number of furan rings is 1. The zero-order chi connectivity index (χ0) is 22.9. The van der Waals surface area contributed by atoms with Crippen molar-refractivity contribution in [2.24, 2.45) is 7.05 Å². The quantitative estimate of drug-likeness (QED) is 0.263. The molecule has 0 spiro atoms. The molecular formula is C30H26NO+. The number of rotatable bonds is 2. The Morgan fingerprint density at radius 1 is 0.812 bits per heavy atom. The molecule has 2 heteroatoms. The van der Waals surface area contributed by atoms with Crippen LogP contribution in [-0.4, -0.2) is 0 Å². The smallest absolute Gasteiger partial charge is 0.224 e. The minimum absolute atomic E-state index is 0.636. The molecule has 0 aliphatic rings. The van der Waals surface area contributed by atoms with E-state index in [9.17, 15) is 0 Å². The van der Waals surface area contributed by atoms with E-state index in [0.717, 1.165) is 49.5 Å². The SMILES string of the molecule is [2H]C(C)(C)c1ccc2c(-c3c(C)ccc4c3oc3cc5ccccc5cc34)[n+](C)ccc2c1. The van der Waals surface area contributed by atoms with E-state index < -0.39 is 5.89 Å². The molecule has 0 atom stereocenters. The number of fused-ring (bicyclic) bond motifs is 5. The summed E-state index contributed by atoms with van der Waals surface area (Å²) in [6.07, 6.45) is 2.10. The summed E-state index contributed by atoms with van der Waals surface area (Å²) < 4.78 is 17.2. The first-order valence-corrected chi connectivity index (χ1v) is 11.1. The third-order valence-corrected chi connectivity index (χ3v) is 6.67. The highest BCUT2D eigenvalue weighted by atomic mass is 16.3. The third-order valence-electron chi connectivity index (χ3n) is 6.67. The zero-order valence-electron chi connectivity index (χ0n) is 19.9. The van der Waals surface area contributed by atoms with E-state index in [4.69, 9.17) is 5.79 Å². The summed E-state index contributed by atoms with van der Waals surface area (Å²) in [4.78, 5) is 0. The van der Waals surface area contributed by atoms with Gasteiger partial charge in [0.25, 0.3) is 0 Å². The molecule has 6 rings (SSSR count). The van der Waals surface area contributed by atoms with Gasteiger partial charge in [0.2, 0.25) is 5.69 Å². The standard InChI is InChI=1S/C30H26NO/c1-18(2)20-10-12-24-23(15-20)13-14-31(4)29(24)28-19(3)9-11-25-26-16-21-7-5-6-8-22(21)17-27(26)32-30(25)28/h5-18H,1-4H3/q+1/i18D. The fourth-order valence-electron chi connectivity index (χ4n) is 4.91. The van der Waals surface area contributed by atoms with E-state index in [-0.39, 0.29) is 0 Å². The van der Waals surface area contributed by atoms with Crippen LogP contribution in [0.25, 0.3) is 54.7 Å². The number of pyridine rings is 1. The van der Waals surface area contributed by atoms with E-state index in [1.807, 2.05) is 13.8 Å². The minimum Gasteiger partial charge on any atom is -0.455 e. The van der Waals surface area contributed by atoms with Crippen molar-refractivity contribution in [3.63, 3.8) is 0 Å². The molecule has 156 valence electrons. The van der Waals surface area contributed by atoms with Gasteiger partial charge in [-0.25, -0.2) is 4.57 Å². The lowest BCUT2D eigenvalue weighted by atomic mass is 9.94. The van der Waals surface area contributed by atoms with Crippen LogP contribution in [0.2, 0.25) is 0 Å². The highest BCUT2D eigenvalue weighted by Gasteiger charge is 2.23. The second-order valence-electron chi connectivity index (χ2n) is 9.01. The fourth-order valence-corrected chi connectivity index (χ4v) is 4.91. The minimum atomic E-state index is -0.636. The molecule has 0 aliphatic heterocycles. The van der Waals surface area contributed by atoms with E-state index >= 15 is 0 Å². The van der Waals surface area contributed by atoms with Gasteiger partial charge in [0, 0.05) is 18.2 Å². The van der Waals surface area contributed by atoms with Crippen molar-refractivity contribution < 1.29 is 10.4 Å². The number of benzene rings is 4. The van der Waals surface area contributed by atoms with Crippen molar-refractivity contribution in [3.8, 4) is 11.3 Å². The van der Waals surface area contributed by atoms with Crippen LogP contribution >= 0.6 is 0 Å². The normalized spacial score (nSPS) is 12.8. The van der Waals surface area contributed by atoms with Crippen molar-refractivity contribution in [3.05, 3.63) is 90.1 Å². The van der Waals surface area contributed by atoms with E-state index in [0.29, 0.717) is 0 Å². The van der Waals surface area contributed by atoms with Crippen molar-refractivity contribution in [2.45, 2.75) is 26.7 Å². The molecule has 0 saturated heterocycles. The lowest BCUT2D eigenvalue weighted by Crippen LogP contribution is -2.30. The first-order valence-electron chi connectivity index (χ1n) is 11.6. The van der Waals surface area contributed by atoms with Crippen molar-refractivity contribution in [2.75, 3.05) is 0 Å². The fraction of sp³-hybridized carbons (Fsp3) is 0.167. The summed E-state index contributed by atoms with van der Waals surface area (Å²) in [5, 5.41) is 6.98. The Morgan fingerprint density at radius 2 is 1.56 bits per heavy atom. The molecule has 0 radical (unpaired) electrons. The number of hydrogen-bond acceptors (Lipinski definition) is 1. The molecule has 0 saturated carbocycles. The largest absolute Gasteiger partial charge is 0.455 e. The van der Waals surface area contributed by atoms with Gasteiger partial charge < -0.3 is 4.42 Å². The highest BCUT2D eigenvalue weighted by Crippen LogP contribution is 2.40. The molecule has 0 N–H and O–H groups in total. The van der Waals surface area contributed by atoms with E-state index in [1.54, 1.807) is 0 Å². The molecule has 2 aromatic heterocycles. The molecular weight excluding hydrogens is 390 g/mol. The van der Waals surface area contributed by atoms with Gasteiger partial charge in [-0.3, -0.25) is 0 Å². The summed E-state index contributed by atoms with van der Waals surface area (Å²) in [7, 11) is 2.09. The number of aryl methyl sites for hydroxylation is 2. The Balaban J connectivity index is 1.71. The van der Waals surface area contributed by atoms with Crippen molar-refractivity contribution in [1.82, 2.24) is 0 Å². The Kier molecular flexibility index (Phi) is 3.89. The van der Waals surface area contributed by atoms with Gasteiger partial charge in [0.05, 0.1) is 10.9 Å². The Labute approximate surface area is 189 Å². The van der Waals surface area contributed by atoms with E-state index in [2.05, 4.69) is 97.5 Å². The molecule has 0 unspecified atom stereocenters. The van der Waals surface area contributed by atoms with Crippen LogP contribution in [0.5, 0.6) is 0 Å². The number of nitrogens with zero attached hydrogens (tertiary/aromatic N) is 1. The predicted molar refractivity (Wildman–Crippen MR) is 134 cm³/mol. The maximum Gasteiger partial charge on any atom is 0.224 e. The van der Waals surface area contributed by atoms with Crippen LogP contribution in [0, 0.1) is 6.92 Å². The average Bonchev–Trinajstić information content (AvgIpc) is 3.14. The lowest BCUT2D eigenvalue weighted by molar-refractivity contribution is -0.659. The predicted octanol–water partition coefficient (Wildman–Crippen LogP) is 7.82. The Morgan fingerprint density at radius 3 is 2.34 bits per heavy atom. The first-order chi connectivity index (χ1) is 15.8. The molecule has 0 bridgehead atoms.